The Bertz CT molecular complexity index is 719. The van der Waals surface area contributed by atoms with Gasteiger partial charge in [-0.3, -0.25) is 4.79 Å². The van der Waals surface area contributed by atoms with Gasteiger partial charge >= 0.3 is 0 Å². The number of hydrogen-bond donors (Lipinski definition) is 0. The number of fused-ring (bicyclic) bond motifs is 1. The summed E-state index contributed by atoms with van der Waals surface area (Å²) in [5.41, 5.74) is 2.63. The Hall–Kier alpha value is -2.01. The van der Waals surface area contributed by atoms with Crippen LogP contribution in [-0.4, -0.2) is 20.9 Å². The Labute approximate surface area is 111 Å². The van der Waals surface area contributed by atoms with Gasteiger partial charge in [-0.15, -0.1) is 0 Å². The monoisotopic (exact) mass is 301 g/mol. The fraction of sp³-hybridized carbons (Fsp3) is 0. The largest absolute Gasteiger partial charge is 0.298 e. The van der Waals surface area contributed by atoms with Crippen molar-refractivity contribution in [3.63, 3.8) is 0 Å². The molecule has 0 aliphatic rings. The molecule has 0 bridgehead atoms. The van der Waals surface area contributed by atoms with E-state index < -0.39 is 0 Å². The van der Waals surface area contributed by atoms with Crippen LogP contribution < -0.4 is 0 Å². The van der Waals surface area contributed by atoms with Crippen LogP contribution in [0, 0.1) is 0 Å². The van der Waals surface area contributed by atoms with Gasteiger partial charge < -0.3 is 0 Å². The van der Waals surface area contributed by atoms with Gasteiger partial charge in [-0.25, -0.2) is 9.50 Å². The van der Waals surface area contributed by atoms with Gasteiger partial charge in [0.1, 0.15) is 5.69 Å². The molecule has 0 N–H and O–H groups in total. The summed E-state index contributed by atoms with van der Waals surface area (Å²) in [7, 11) is 0. The smallest absolute Gasteiger partial charge is 0.166 e. The number of rotatable bonds is 2. The van der Waals surface area contributed by atoms with E-state index in [2.05, 4.69) is 26.0 Å². The first-order valence-corrected chi connectivity index (χ1v) is 6.13. The molecule has 3 aromatic rings. The lowest BCUT2D eigenvalue weighted by Gasteiger charge is -1.97. The molecule has 0 unspecified atom stereocenters. The van der Waals surface area contributed by atoms with Gasteiger partial charge in [-0.1, -0.05) is 28.1 Å². The second-order valence-electron chi connectivity index (χ2n) is 3.77. The van der Waals surface area contributed by atoms with Gasteiger partial charge in [0.05, 0.1) is 5.56 Å². The lowest BCUT2D eigenvalue weighted by Crippen LogP contribution is -1.88. The van der Waals surface area contributed by atoms with E-state index in [1.54, 1.807) is 23.0 Å². The van der Waals surface area contributed by atoms with E-state index >= 15 is 0 Å². The highest BCUT2D eigenvalue weighted by atomic mass is 79.9. The van der Waals surface area contributed by atoms with Gasteiger partial charge in [0.15, 0.2) is 11.9 Å². The average Bonchev–Trinajstić information content (AvgIpc) is 2.78. The van der Waals surface area contributed by atoms with Crippen LogP contribution in [0.25, 0.3) is 16.9 Å². The van der Waals surface area contributed by atoms with Crippen LogP contribution in [0.1, 0.15) is 10.4 Å². The number of halogens is 1. The fourth-order valence-electron chi connectivity index (χ4n) is 1.83. The molecule has 5 heteroatoms. The van der Waals surface area contributed by atoms with Crippen molar-refractivity contribution < 1.29 is 4.79 Å². The molecule has 0 radical (unpaired) electrons. The van der Waals surface area contributed by atoms with Crippen LogP contribution in [0.4, 0.5) is 0 Å². The van der Waals surface area contributed by atoms with Gasteiger partial charge in [0, 0.05) is 22.4 Å². The molecule has 2 aromatic heterocycles. The lowest BCUT2D eigenvalue weighted by molar-refractivity contribution is 0.112. The predicted molar refractivity (Wildman–Crippen MR) is 71.5 cm³/mol. The Morgan fingerprint density at radius 3 is 2.72 bits per heavy atom. The SMILES string of the molecule is O=Cc1c(-c2ccc(Br)cc2)nn2cccnc12. The van der Waals surface area contributed by atoms with Crippen molar-refractivity contribution in [1.82, 2.24) is 14.6 Å². The number of carbonyl (C=O) groups is 1. The molecule has 0 atom stereocenters. The van der Waals surface area contributed by atoms with Crippen LogP contribution in [0.15, 0.2) is 47.2 Å². The quantitative estimate of drug-likeness (QED) is 0.684. The van der Waals surface area contributed by atoms with E-state index in [0.717, 1.165) is 16.3 Å². The summed E-state index contributed by atoms with van der Waals surface area (Å²) in [5.74, 6) is 0. The van der Waals surface area contributed by atoms with E-state index in [1.165, 1.54) is 0 Å². The number of benzene rings is 1. The molecular formula is C13H8BrN3O. The first-order chi connectivity index (χ1) is 8.79. The molecule has 18 heavy (non-hydrogen) atoms. The highest BCUT2D eigenvalue weighted by Gasteiger charge is 2.14. The second kappa shape index (κ2) is 4.34. The first kappa shape index (κ1) is 11.1. The summed E-state index contributed by atoms with van der Waals surface area (Å²) in [5, 5.41) is 4.39. The van der Waals surface area contributed by atoms with E-state index in [0.29, 0.717) is 16.9 Å². The van der Waals surface area contributed by atoms with E-state index in [-0.39, 0.29) is 0 Å². The van der Waals surface area contributed by atoms with Gasteiger partial charge in [0.2, 0.25) is 0 Å². The second-order valence-corrected chi connectivity index (χ2v) is 4.69. The molecule has 0 spiro atoms. The molecule has 0 aliphatic heterocycles. The maximum atomic E-state index is 11.2. The molecule has 2 heterocycles. The molecular weight excluding hydrogens is 294 g/mol. The Morgan fingerprint density at radius 1 is 1.22 bits per heavy atom. The topological polar surface area (TPSA) is 47.3 Å². The molecule has 88 valence electrons. The zero-order valence-corrected chi connectivity index (χ0v) is 10.8. The van der Waals surface area contributed by atoms with Crippen LogP contribution in [-0.2, 0) is 0 Å². The zero-order valence-electron chi connectivity index (χ0n) is 9.25. The van der Waals surface area contributed by atoms with Crippen LogP contribution >= 0.6 is 15.9 Å². The minimum atomic E-state index is 0.512. The Kier molecular flexibility index (Phi) is 2.68. The number of hydrogen-bond acceptors (Lipinski definition) is 3. The summed E-state index contributed by atoms with van der Waals surface area (Å²) in [6.45, 7) is 0. The minimum absolute atomic E-state index is 0.512. The van der Waals surface area contributed by atoms with Crippen molar-refractivity contribution >= 4 is 27.9 Å². The van der Waals surface area contributed by atoms with Crippen LogP contribution in [0.2, 0.25) is 0 Å². The highest BCUT2D eigenvalue weighted by Crippen LogP contribution is 2.25. The molecule has 4 nitrogen and oxygen atoms in total. The standard InChI is InChI=1S/C13H8BrN3O/c14-10-4-2-9(3-5-10)12-11(8-18)13-15-6-1-7-17(13)16-12/h1-8H. The molecule has 0 saturated heterocycles. The van der Waals surface area contributed by atoms with Crippen LogP contribution in [0.3, 0.4) is 0 Å². The van der Waals surface area contributed by atoms with E-state index in [4.69, 9.17) is 0 Å². The molecule has 0 saturated carbocycles. The van der Waals surface area contributed by atoms with E-state index in [1.807, 2.05) is 24.3 Å². The van der Waals surface area contributed by atoms with Crippen molar-refractivity contribution in [1.29, 1.82) is 0 Å². The third-order valence-electron chi connectivity index (χ3n) is 2.67. The predicted octanol–water partition coefficient (Wildman–Crippen LogP) is 2.97. The van der Waals surface area contributed by atoms with Gasteiger partial charge in [-0.05, 0) is 18.2 Å². The summed E-state index contributed by atoms with van der Waals surface area (Å²) >= 11 is 3.38. The van der Waals surface area contributed by atoms with Gasteiger partial charge in [0.25, 0.3) is 0 Å². The Morgan fingerprint density at radius 2 is 2.00 bits per heavy atom. The lowest BCUT2D eigenvalue weighted by atomic mass is 10.1. The summed E-state index contributed by atoms with van der Waals surface area (Å²) < 4.78 is 2.60. The summed E-state index contributed by atoms with van der Waals surface area (Å²) in [6, 6.07) is 9.44. The van der Waals surface area contributed by atoms with Gasteiger partial charge in [-0.2, -0.15) is 5.10 Å². The summed E-state index contributed by atoms with van der Waals surface area (Å²) in [6.07, 6.45) is 4.22. The molecule has 3 rings (SSSR count). The van der Waals surface area contributed by atoms with Crippen molar-refractivity contribution in [2.45, 2.75) is 0 Å². The van der Waals surface area contributed by atoms with Crippen molar-refractivity contribution in [2.75, 3.05) is 0 Å². The highest BCUT2D eigenvalue weighted by molar-refractivity contribution is 9.10. The fourth-order valence-corrected chi connectivity index (χ4v) is 2.10. The average molecular weight is 302 g/mol. The summed E-state index contributed by atoms with van der Waals surface area (Å²) in [4.78, 5) is 15.4. The third-order valence-corrected chi connectivity index (χ3v) is 3.20. The zero-order chi connectivity index (χ0) is 12.5. The Balaban J connectivity index is 2.28. The molecule has 1 aromatic carbocycles. The number of aromatic nitrogens is 3. The maximum absolute atomic E-state index is 11.2. The van der Waals surface area contributed by atoms with Crippen molar-refractivity contribution in [3.8, 4) is 11.3 Å². The van der Waals surface area contributed by atoms with Crippen molar-refractivity contribution in [2.24, 2.45) is 0 Å². The minimum Gasteiger partial charge on any atom is -0.298 e. The molecule has 0 fully saturated rings. The number of nitrogens with zero attached hydrogens (tertiary/aromatic N) is 3. The molecule has 0 amide bonds. The van der Waals surface area contributed by atoms with Crippen LogP contribution in [0.5, 0.6) is 0 Å². The first-order valence-electron chi connectivity index (χ1n) is 5.34. The normalized spacial score (nSPS) is 10.7. The maximum Gasteiger partial charge on any atom is 0.166 e. The third kappa shape index (κ3) is 1.73. The van der Waals surface area contributed by atoms with Crippen molar-refractivity contribution in [3.05, 3.63) is 52.8 Å². The number of aldehydes is 1. The van der Waals surface area contributed by atoms with E-state index in [9.17, 15) is 4.79 Å². The molecule has 0 aliphatic carbocycles. The number of carbonyl (C=O) groups excluding carboxylic acids is 1.